The zero-order valence-electron chi connectivity index (χ0n) is 10.6. The predicted molar refractivity (Wildman–Crippen MR) is 84.5 cm³/mol. The van der Waals surface area contributed by atoms with Gasteiger partial charge >= 0.3 is 0 Å². The third-order valence-corrected chi connectivity index (χ3v) is 6.70. The molecule has 2 nitrogen and oxygen atoms in total. The first-order valence-corrected chi connectivity index (χ1v) is 9.75. The highest BCUT2D eigenvalue weighted by molar-refractivity contribution is 7.85. The Kier molecular flexibility index (Phi) is 4.48. The number of hydrogen-bond acceptors (Lipinski definition) is 4. The summed E-state index contributed by atoms with van der Waals surface area (Å²) in [6.45, 7) is 0. The molecule has 1 aliphatic rings. The minimum atomic E-state index is -0.584. The van der Waals surface area contributed by atoms with Gasteiger partial charge in [-0.15, -0.1) is 22.7 Å². The molecule has 1 saturated heterocycles. The Balaban J connectivity index is 1.75. The molecule has 3 heterocycles. The van der Waals surface area contributed by atoms with Gasteiger partial charge in [-0.05, 0) is 35.7 Å². The van der Waals surface area contributed by atoms with Gasteiger partial charge in [0.15, 0.2) is 0 Å². The fourth-order valence-electron chi connectivity index (χ4n) is 2.41. The van der Waals surface area contributed by atoms with Crippen molar-refractivity contribution in [3.05, 3.63) is 44.8 Å². The maximum atomic E-state index is 11.4. The second-order valence-electron chi connectivity index (χ2n) is 4.75. The molecule has 1 N–H and O–H groups in total. The van der Waals surface area contributed by atoms with Crippen LogP contribution in [0.15, 0.2) is 35.0 Å². The van der Waals surface area contributed by atoms with Gasteiger partial charge in [-0.25, -0.2) is 0 Å². The molecule has 1 aliphatic heterocycles. The van der Waals surface area contributed by atoms with Crippen LogP contribution in [0.2, 0.25) is 0 Å². The first kappa shape index (κ1) is 13.5. The zero-order valence-corrected chi connectivity index (χ0v) is 13.0. The van der Waals surface area contributed by atoms with E-state index in [-0.39, 0.29) is 0 Å². The van der Waals surface area contributed by atoms with E-state index >= 15 is 0 Å². The molecule has 0 saturated carbocycles. The largest absolute Gasteiger partial charge is 0.302 e. The van der Waals surface area contributed by atoms with Crippen molar-refractivity contribution < 1.29 is 4.21 Å². The first-order chi connectivity index (χ1) is 9.33. The summed E-state index contributed by atoms with van der Waals surface area (Å²) in [4.78, 5) is 2.74. The maximum Gasteiger partial charge on any atom is 0.0767 e. The summed E-state index contributed by atoms with van der Waals surface area (Å²) in [7, 11) is -0.584. The number of hydrogen-bond donors (Lipinski definition) is 1. The third-order valence-electron chi connectivity index (χ3n) is 3.45. The van der Waals surface area contributed by atoms with Gasteiger partial charge in [0, 0.05) is 38.1 Å². The van der Waals surface area contributed by atoms with Crippen molar-refractivity contribution in [1.29, 1.82) is 0 Å². The van der Waals surface area contributed by atoms with Crippen LogP contribution in [0.25, 0.3) is 0 Å². The van der Waals surface area contributed by atoms with Gasteiger partial charge in [-0.2, -0.15) is 0 Å². The summed E-state index contributed by atoms with van der Waals surface area (Å²) in [6.07, 6.45) is 2.06. The van der Waals surface area contributed by atoms with E-state index in [0.29, 0.717) is 12.1 Å². The topological polar surface area (TPSA) is 29.1 Å². The highest BCUT2D eigenvalue weighted by atomic mass is 32.2. The summed E-state index contributed by atoms with van der Waals surface area (Å²) in [5.41, 5.74) is 0. The molecule has 0 spiro atoms. The number of rotatable bonds is 4. The van der Waals surface area contributed by atoms with Gasteiger partial charge < -0.3 is 5.32 Å². The smallest absolute Gasteiger partial charge is 0.0767 e. The molecular formula is C14H17NOS3. The average molecular weight is 311 g/mol. The Morgan fingerprint density at radius 3 is 2.16 bits per heavy atom. The van der Waals surface area contributed by atoms with Crippen molar-refractivity contribution in [2.45, 2.75) is 24.9 Å². The quantitative estimate of drug-likeness (QED) is 0.937. The van der Waals surface area contributed by atoms with Crippen LogP contribution in [0.5, 0.6) is 0 Å². The van der Waals surface area contributed by atoms with Gasteiger partial charge in [-0.1, -0.05) is 12.1 Å². The van der Waals surface area contributed by atoms with Crippen molar-refractivity contribution in [3.8, 4) is 0 Å². The Morgan fingerprint density at radius 2 is 1.68 bits per heavy atom. The molecule has 0 atom stereocenters. The average Bonchev–Trinajstić information content (AvgIpc) is 3.11. The van der Waals surface area contributed by atoms with Gasteiger partial charge in [-0.3, -0.25) is 4.21 Å². The molecule has 2 aromatic heterocycles. The molecule has 0 radical (unpaired) electrons. The molecule has 0 unspecified atom stereocenters. The fraction of sp³-hybridized carbons (Fsp3) is 0.429. The molecule has 5 heteroatoms. The summed E-state index contributed by atoms with van der Waals surface area (Å²) in [6, 6.07) is 9.41. The Labute approximate surface area is 124 Å². The molecule has 2 aromatic rings. The summed E-state index contributed by atoms with van der Waals surface area (Å²) in [5.74, 6) is 1.69. The van der Waals surface area contributed by atoms with Gasteiger partial charge in [0.1, 0.15) is 0 Å². The van der Waals surface area contributed by atoms with Crippen LogP contribution in [-0.4, -0.2) is 21.8 Å². The molecule has 19 heavy (non-hydrogen) atoms. The lowest BCUT2D eigenvalue weighted by Gasteiger charge is -2.27. The molecule has 0 aliphatic carbocycles. The Bertz CT molecular complexity index is 477. The van der Waals surface area contributed by atoms with Gasteiger partial charge in [0.05, 0.1) is 6.04 Å². The van der Waals surface area contributed by atoms with Crippen molar-refractivity contribution in [1.82, 2.24) is 5.32 Å². The molecular weight excluding hydrogens is 294 g/mol. The lowest BCUT2D eigenvalue weighted by atomic mass is 10.1. The lowest BCUT2D eigenvalue weighted by molar-refractivity contribution is 0.447. The van der Waals surface area contributed by atoms with E-state index in [1.165, 1.54) is 9.75 Å². The fourth-order valence-corrected chi connectivity index (χ4v) is 5.39. The molecule has 1 fully saturated rings. The second kappa shape index (κ2) is 6.31. The van der Waals surface area contributed by atoms with Crippen LogP contribution in [0.3, 0.4) is 0 Å². The van der Waals surface area contributed by atoms with E-state index in [0.717, 1.165) is 24.3 Å². The second-order valence-corrected chi connectivity index (χ2v) is 8.41. The summed E-state index contributed by atoms with van der Waals surface area (Å²) >= 11 is 3.61. The third kappa shape index (κ3) is 3.34. The molecule has 0 amide bonds. The highest BCUT2D eigenvalue weighted by Gasteiger charge is 2.23. The van der Waals surface area contributed by atoms with E-state index < -0.39 is 10.8 Å². The molecule has 102 valence electrons. The van der Waals surface area contributed by atoms with Crippen LogP contribution < -0.4 is 5.32 Å². The first-order valence-electron chi connectivity index (χ1n) is 6.51. The molecule has 3 rings (SSSR count). The lowest BCUT2D eigenvalue weighted by Crippen LogP contribution is -2.38. The molecule has 0 aromatic carbocycles. The van der Waals surface area contributed by atoms with Crippen LogP contribution in [0, 0.1) is 0 Å². The number of nitrogens with one attached hydrogen (secondary N) is 1. The highest BCUT2D eigenvalue weighted by Crippen LogP contribution is 2.30. The monoisotopic (exact) mass is 311 g/mol. The van der Waals surface area contributed by atoms with Gasteiger partial charge in [0.2, 0.25) is 0 Å². The van der Waals surface area contributed by atoms with Crippen LogP contribution >= 0.6 is 22.7 Å². The van der Waals surface area contributed by atoms with Gasteiger partial charge in [0.25, 0.3) is 0 Å². The van der Waals surface area contributed by atoms with E-state index in [4.69, 9.17) is 0 Å². The molecule has 0 bridgehead atoms. The minimum absolute atomic E-state index is 0.302. The summed E-state index contributed by atoms with van der Waals surface area (Å²) in [5, 5.41) is 8.03. The van der Waals surface area contributed by atoms with E-state index in [9.17, 15) is 4.21 Å². The zero-order chi connectivity index (χ0) is 13.1. The normalized spacial score (nSPS) is 23.8. The van der Waals surface area contributed by atoms with Crippen LogP contribution in [-0.2, 0) is 10.8 Å². The van der Waals surface area contributed by atoms with Crippen molar-refractivity contribution in [2.75, 3.05) is 11.5 Å². The predicted octanol–water partition coefficient (Wildman–Crippen LogP) is 3.40. The van der Waals surface area contributed by atoms with Crippen molar-refractivity contribution >= 4 is 33.5 Å². The Hall–Kier alpha value is -0.490. The van der Waals surface area contributed by atoms with Crippen LogP contribution in [0.1, 0.15) is 28.6 Å². The van der Waals surface area contributed by atoms with E-state index in [1.807, 2.05) is 0 Å². The maximum absolute atomic E-state index is 11.4. The standard InChI is InChI=1S/C14H17NOS3/c16-19-9-5-11(6-10-19)15-14(12-3-1-7-17-12)13-4-2-8-18-13/h1-4,7-8,11,14-15H,5-6,9-10H2. The summed E-state index contributed by atoms with van der Waals surface area (Å²) < 4.78 is 11.4. The van der Waals surface area contributed by atoms with E-state index in [1.54, 1.807) is 22.7 Å². The number of thiophene rings is 2. The van der Waals surface area contributed by atoms with Crippen molar-refractivity contribution in [2.24, 2.45) is 0 Å². The van der Waals surface area contributed by atoms with E-state index in [2.05, 4.69) is 40.3 Å². The van der Waals surface area contributed by atoms with Crippen LogP contribution in [0.4, 0.5) is 0 Å². The SMILES string of the molecule is O=S1CCC(NC(c2cccs2)c2cccs2)CC1. The van der Waals surface area contributed by atoms with Crippen molar-refractivity contribution in [3.63, 3.8) is 0 Å². The Morgan fingerprint density at radius 1 is 1.11 bits per heavy atom. The minimum Gasteiger partial charge on any atom is -0.302 e.